The number of fused-ring (bicyclic) bond motifs is 1. The molecular formula is C17H27ClN2O. The first-order valence-corrected chi connectivity index (χ1v) is 7.62. The molecular weight excluding hydrogens is 284 g/mol. The lowest BCUT2D eigenvalue weighted by molar-refractivity contribution is 0.138. The van der Waals surface area contributed by atoms with E-state index in [1.165, 1.54) is 17.5 Å². The van der Waals surface area contributed by atoms with Crippen LogP contribution in [0.3, 0.4) is 0 Å². The van der Waals surface area contributed by atoms with Crippen LogP contribution in [-0.2, 0) is 13.0 Å². The highest BCUT2D eigenvalue weighted by Gasteiger charge is 2.33. The van der Waals surface area contributed by atoms with Gasteiger partial charge in [0, 0.05) is 19.5 Å². The fourth-order valence-corrected chi connectivity index (χ4v) is 3.45. The minimum Gasteiger partial charge on any atom is -0.487 e. The van der Waals surface area contributed by atoms with Crippen molar-refractivity contribution in [3.05, 3.63) is 29.3 Å². The quantitative estimate of drug-likeness (QED) is 0.933. The van der Waals surface area contributed by atoms with Crippen molar-refractivity contribution >= 4 is 12.4 Å². The van der Waals surface area contributed by atoms with Crippen molar-refractivity contribution in [1.29, 1.82) is 0 Å². The third-order valence-corrected chi connectivity index (χ3v) is 4.66. The Kier molecular flexibility index (Phi) is 4.57. The lowest BCUT2D eigenvalue weighted by Crippen LogP contribution is -2.31. The maximum Gasteiger partial charge on any atom is 0.123 e. The van der Waals surface area contributed by atoms with Gasteiger partial charge in [0.25, 0.3) is 0 Å². The van der Waals surface area contributed by atoms with Crippen LogP contribution in [0.15, 0.2) is 18.2 Å². The largest absolute Gasteiger partial charge is 0.487 e. The second kappa shape index (κ2) is 5.79. The summed E-state index contributed by atoms with van der Waals surface area (Å²) in [4.78, 5) is 2.52. The van der Waals surface area contributed by atoms with Crippen molar-refractivity contribution in [1.82, 2.24) is 4.90 Å². The van der Waals surface area contributed by atoms with Crippen molar-refractivity contribution in [3.8, 4) is 5.75 Å². The molecule has 21 heavy (non-hydrogen) atoms. The van der Waals surface area contributed by atoms with E-state index in [9.17, 15) is 0 Å². The van der Waals surface area contributed by atoms with Gasteiger partial charge in [-0.1, -0.05) is 19.1 Å². The number of rotatable bonds is 3. The number of ether oxygens (including phenoxy) is 1. The fourth-order valence-electron chi connectivity index (χ4n) is 3.45. The van der Waals surface area contributed by atoms with Gasteiger partial charge in [0.15, 0.2) is 0 Å². The van der Waals surface area contributed by atoms with Crippen LogP contribution in [0.1, 0.15) is 38.3 Å². The Morgan fingerprint density at radius 1 is 1.29 bits per heavy atom. The van der Waals surface area contributed by atoms with E-state index in [-0.39, 0.29) is 18.0 Å². The number of hydrogen-bond acceptors (Lipinski definition) is 3. The Morgan fingerprint density at radius 2 is 2.05 bits per heavy atom. The van der Waals surface area contributed by atoms with Crippen LogP contribution in [0.5, 0.6) is 5.75 Å². The van der Waals surface area contributed by atoms with Crippen LogP contribution in [0.2, 0.25) is 0 Å². The lowest BCUT2D eigenvalue weighted by Gasteiger charge is -2.22. The molecule has 1 fully saturated rings. The second-order valence-corrected chi connectivity index (χ2v) is 7.46. The molecule has 118 valence electrons. The number of likely N-dealkylation sites (tertiary alicyclic amines) is 1. The van der Waals surface area contributed by atoms with E-state index in [4.69, 9.17) is 10.5 Å². The molecule has 3 nitrogen and oxygen atoms in total. The van der Waals surface area contributed by atoms with Gasteiger partial charge in [0.2, 0.25) is 0 Å². The van der Waals surface area contributed by atoms with E-state index in [0.717, 1.165) is 38.3 Å². The highest BCUT2D eigenvalue weighted by molar-refractivity contribution is 5.85. The van der Waals surface area contributed by atoms with Crippen LogP contribution in [0, 0.1) is 5.41 Å². The van der Waals surface area contributed by atoms with E-state index < -0.39 is 0 Å². The zero-order valence-corrected chi connectivity index (χ0v) is 14.1. The smallest absolute Gasteiger partial charge is 0.123 e. The third kappa shape index (κ3) is 3.53. The monoisotopic (exact) mass is 310 g/mol. The van der Waals surface area contributed by atoms with Crippen molar-refractivity contribution in [2.45, 2.75) is 45.8 Å². The molecule has 4 heteroatoms. The molecule has 0 aromatic heterocycles. The number of nitrogens with zero attached hydrogens (tertiary/aromatic N) is 1. The van der Waals surface area contributed by atoms with Crippen LogP contribution in [-0.4, -0.2) is 30.1 Å². The third-order valence-electron chi connectivity index (χ3n) is 4.66. The average molecular weight is 311 g/mol. The van der Waals surface area contributed by atoms with Crippen molar-refractivity contribution in [2.75, 3.05) is 19.6 Å². The molecule has 2 aliphatic heterocycles. The number of halogens is 1. The summed E-state index contributed by atoms with van der Waals surface area (Å²) >= 11 is 0. The summed E-state index contributed by atoms with van der Waals surface area (Å²) in [5, 5.41) is 0. The fraction of sp³-hybridized carbons (Fsp3) is 0.647. The van der Waals surface area contributed by atoms with Crippen molar-refractivity contribution < 1.29 is 4.74 Å². The summed E-state index contributed by atoms with van der Waals surface area (Å²) in [6.45, 7) is 10.7. The van der Waals surface area contributed by atoms with Gasteiger partial charge in [-0.15, -0.1) is 12.4 Å². The number of benzene rings is 1. The maximum atomic E-state index is 5.94. The van der Waals surface area contributed by atoms with Crippen molar-refractivity contribution in [3.63, 3.8) is 0 Å². The van der Waals surface area contributed by atoms with Crippen molar-refractivity contribution in [2.24, 2.45) is 11.1 Å². The molecule has 0 saturated carbocycles. The van der Waals surface area contributed by atoms with E-state index in [1.807, 2.05) is 0 Å². The van der Waals surface area contributed by atoms with Gasteiger partial charge in [-0.05, 0) is 56.0 Å². The average Bonchev–Trinajstić information content (AvgIpc) is 2.88. The summed E-state index contributed by atoms with van der Waals surface area (Å²) in [7, 11) is 0. The molecule has 0 spiro atoms. The summed E-state index contributed by atoms with van der Waals surface area (Å²) in [5.74, 6) is 1.06. The number of hydrogen-bond donors (Lipinski definition) is 1. The Morgan fingerprint density at radius 3 is 2.71 bits per heavy atom. The first-order valence-electron chi connectivity index (χ1n) is 7.62. The molecule has 0 aliphatic carbocycles. The Hall–Kier alpha value is -0.770. The van der Waals surface area contributed by atoms with Gasteiger partial charge in [-0.3, -0.25) is 4.90 Å². The standard InChI is InChI=1S/C17H26N2O.ClH/c1-16(2)9-14-8-13(4-5-15(14)20-16)10-19-7-6-17(3,11-18)12-19;/h4-5,8H,6-7,9-12,18H2,1-3H3;1H. The van der Waals surface area contributed by atoms with E-state index in [2.05, 4.69) is 43.9 Å². The number of nitrogens with two attached hydrogens (primary N) is 1. The highest BCUT2D eigenvalue weighted by Crippen LogP contribution is 2.36. The zero-order valence-electron chi connectivity index (χ0n) is 13.3. The molecule has 2 aliphatic rings. The van der Waals surface area contributed by atoms with E-state index in [0.29, 0.717) is 5.41 Å². The maximum absolute atomic E-state index is 5.94. The van der Waals surface area contributed by atoms with Gasteiger partial charge in [-0.25, -0.2) is 0 Å². The molecule has 2 N–H and O–H groups in total. The zero-order chi connectivity index (χ0) is 14.4. The molecule has 0 bridgehead atoms. The first kappa shape index (κ1) is 16.6. The first-order chi connectivity index (χ1) is 9.39. The molecule has 3 rings (SSSR count). The van der Waals surface area contributed by atoms with Gasteiger partial charge >= 0.3 is 0 Å². The highest BCUT2D eigenvalue weighted by atomic mass is 35.5. The minimum atomic E-state index is -0.0489. The minimum absolute atomic E-state index is 0. The predicted octanol–water partition coefficient (Wildman–Crippen LogP) is 2.99. The molecule has 1 atom stereocenters. The van der Waals surface area contributed by atoms with Crippen LogP contribution < -0.4 is 10.5 Å². The summed E-state index contributed by atoms with van der Waals surface area (Å²) in [5.41, 5.74) is 8.89. The summed E-state index contributed by atoms with van der Waals surface area (Å²) in [6.07, 6.45) is 2.22. The van der Waals surface area contributed by atoms with Crippen LogP contribution >= 0.6 is 12.4 Å². The topological polar surface area (TPSA) is 38.5 Å². The molecule has 0 amide bonds. The van der Waals surface area contributed by atoms with Gasteiger partial charge in [0.05, 0.1) is 0 Å². The second-order valence-electron chi connectivity index (χ2n) is 7.46. The molecule has 1 unspecified atom stereocenters. The summed E-state index contributed by atoms with van der Waals surface area (Å²) < 4.78 is 5.94. The van der Waals surface area contributed by atoms with Crippen LogP contribution in [0.4, 0.5) is 0 Å². The lowest BCUT2D eigenvalue weighted by atomic mass is 9.90. The van der Waals surface area contributed by atoms with Gasteiger partial charge < -0.3 is 10.5 Å². The van der Waals surface area contributed by atoms with Gasteiger partial charge in [0.1, 0.15) is 11.4 Å². The molecule has 1 aromatic rings. The van der Waals surface area contributed by atoms with E-state index in [1.54, 1.807) is 0 Å². The van der Waals surface area contributed by atoms with Crippen LogP contribution in [0.25, 0.3) is 0 Å². The van der Waals surface area contributed by atoms with Gasteiger partial charge in [-0.2, -0.15) is 0 Å². The molecule has 1 aromatic carbocycles. The van der Waals surface area contributed by atoms with E-state index >= 15 is 0 Å². The SMILES string of the molecule is CC1(CN)CCN(Cc2ccc3c(c2)CC(C)(C)O3)C1.Cl. The Bertz CT molecular complexity index is 518. The molecule has 1 saturated heterocycles. The predicted molar refractivity (Wildman–Crippen MR) is 89.2 cm³/mol. The molecule has 0 radical (unpaired) electrons. The Balaban J connectivity index is 0.00000161. The Labute approximate surface area is 134 Å². The normalized spacial score (nSPS) is 27.0. The molecule has 2 heterocycles. The summed E-state index contributed by atoms with van der Waals surface area (Å²) in [6, 6.07) is 6.66.